The van der Waals surface area contributed by atoms with Crippen molar-refractivity contribution in [3.63, 3.8) is 0 Å². The summed E-state index contributed by atoms with van der Waals surface area (Å²) in [4.78, 5) is 26.3. The number of rotatable bonds is 5. The predicted molar refractivity (Wildman–Crippen MR) is 132 cm³/mol. The molecular formula is C26H25F3N6O2. The number of hydrogen-bond acceptors (Lipinski definition) is 7. The van der Waals surface area contributed by atoms with Crippen molar-refractivity contribution in [2.24, 2.45) is 0 Å². The lowest BCUT2D eigenvalue weighted by Crippen LogP contribution is -2.35. The number of amides is 1. The van der Waals surface area contributed by atoms with Gasteiger partial charge in [-0.05, 0) is 42.2 Å². The molecule has 0 aliphatic carbocycles. The highest BCUT2D eigenvalue weighted by atomic mass is 19.4. The maximum atomic E-state index is 13.0. The smallest absolute Gasteiger partial charge is 0.393 e. The summed E-state index contributed by atoms with van der Waals surface area (Å²) in [6, 6.07) is 7.81. The first-order chi connectivity index (χ1) is 17.8. The quantitative estimate of drug-likeness (QED) is 0.478. The van der Waals surface area contributed by atoms with Crippen molar-refractivity contribution in [3.8, 4) is 11.1 Å². The Morgan fingerprint density at radius 3 is 2.57 bits per heavy atom. The van der Waals surface area contributed by atoms with Crippen LogP contribution in [0.2, 0.25) is 0 Å². The molecule has 0 bridgehead atoms. The van der Waals surface area contributed by atoms with Gasteiger partial charge in [0.1, 0.15) is 0 Å². The van der Waals surface area contributed by atoms with Gasteiger partial charge >= 0.3 is 6.18 Å². The van der Waals surface area contributed by atoms with Gasteiger partial charge in [-0.15, -0.1) is 0 Å². The van der Waals surface area contributed by atoms with Crippen molar-refractivity contribution in [1.29, 1.82) is 0 Å². The number of nitrogens with zero attached hydrogens (tertiary/aromatic N) is 4. The molecule has 0 saturated carbocycles. The van der Waals surface area contributed by atoms with Gasteiger partial charge in [0.25, 0.3) is 5.91 Å². The van der Waals surface area contributed by atoms with E-state index in [1.807, 2.05) is 24.4 Å². The minimum absolute atomic E-state index is 0.0669. The second-order valence-corrected chi connectivity index (χ2v) is 9.10. The zero-order valence-electron chi connectivity index (χ0n) is 19.8. The number of alkyl halides is 3. The van der Waals surface area contributed by atoms with E-state index in [4.69, 9.17) is 0 Å². The second kappa shape index (κ2) is 10.3. The molecule has 3 N–H and O–H groups in total. The average Bonchev–Trinajstić information content (AvgIpc) is 2.89. The van der Waals surface area contributed by atoms with E-state index in [9.17, 15) is 23.1 Å². The van der Waals surface area contributed by atoms with Gasteiger partial charge in [-0.1, -0.05) is 12.1 Å². The highest BCUT2D eigenvalue weighted by molar-refractivity contribution is 6.27. The van der Waals surface area contributed by atoms with E-state index in [0.29, 0.717) is 17.7 Å². The number of carbonyl (C=O) groups is 1. The van der Waals surface area contributed by atoms with E-state index in [-0.39, 0.29) is 11.8 Å². The van der Waals surface area contributed by atoms with E-state index in [1.165, 1.54) is 0 Å². The number of pyridine rings is 1. The molecule has 0 radical (unpaired) electrons. The van der Waals surface area contributed by atoms with E-state index in [1.54, 1.807) is 12.3 Å². The van der Waals surface area contributed by atoms with Crippen LogP contribution in [0.5, 0.6) is 0 Å². The Morgan fingerprint density at radius 2 is 1.84 bits per heavy atom. The fourth-order valence-corrected chi connectivity index (χ4v) is 4.49. The molecule has 0 atom stereocenters. The number of aliphatic hydroxyl groups is 1. The molecule has 37 heavy (non-hydrogen) atoms. The number of aromatic nitrogens is 3. The number of hydrogen-bond donors (Lipinski definition) is 3. The number of anilines is 2. The van der Waals surface area contributed by atoms with Gasteiger partial charge in [0, 0.05) is 61.0 Å². The van der Waals surface area contributed by atoms with E-state index >= 15 is 0 Å². The Balaban J connectivity index is 1.34. The molecule has 0 unspecified atom stereocenters. The summed E-state index contributed by atoms with van der Waals surface area (Å²) in [5.74, 6) is -1.74. The van der Waals surface area contributed by atoms with E-state index < -0.39 is 17.9 Å². The number of piperidine rings is 1. The Morgan fingerprint density at radius 1 is 1.08 bits per heavy atom. The lowest BCUT2D eigenvalue weighted by molar-refractivity contribution is -0.144. The summed E-state index contributed by atoms with van der Waals surface area (Å²) in [7, 11) is 0. The van der Waals surface area contributed by atoms with Crippen molar-refractivity contribution in [2.75, 3.05) is 30.3 Å². The first kappa shape index (κ1) is 24.8. The van der Waals surface area contributed by atoms with Crippen LogP contribution in [0, 0.1) is 0 Å². The minimum Gasteiger partial charge on any atom is -0.393 e. The number of carbonyl (C=O) groups excluding carboxylic acids is 1. The molecule has 1 amide bonds. The van der Waals surface area contributed by atoms with Crippen molar-refractivity contribution in [2.45, 2.75) is 31.7 Å². The molecule has 3 aromatic rings. The van der Waals surface area contributed by atoms with Crippen LogP contribution in [-0.4, -0.2) is 56.6 Å². The topological polar surface area (TPSA) is 103 Å². The maximum Gasteiger partial charge on any atom is 0.451 e. The molecule has 2 aliphatic heterocycles. The molecule has 192 valence electrons. The third-order valence-corrected chi connectivity index (χ3v) is 6.41. The number of halogens is 3. The van der Waals surface area contributed by atoms with Gasteiger partial charge < -0.3 is 15.7 Å². The fourth-order valence-electron chi connectivity index (χ4n) is 4.49. The van der Waals surface area contributed by atoms with Crippen molar-refractivity contribution >= 4 is 22.9 Å². The van der Waals surface area contributed by atoms with Crippen LogP contribution < -0.4 is 10.6 Å². The Labute approximate surface area is 211 Å². The summed E-state index contributed by atoms with van der Waals surface area (Å²) in [5.41, 5.74) is 4.74. The Kier molecular flexibility index (Phi) is 6.90. The molecule has 11 heteroatoms. The van der Waals surface area contributed by atoms with E-state index in [2.05, 4.69) is 36.6 Å². The van der Waals surface area contributed by atoms with Crippen LogP contribution in [0.15, 0.2) is 55.1 Å². The molecule has 2 aliphatic rings. The number of nitrogens with one attached hydrogen (secondary N) is 2. The lowest BCUT2D eigenvalue weighted by Gasteiger charge is -2.29. The van der Waals surface area contributed by atoms with Crippen LogP contribution in [-0.2, 0) is 17.5 Å². The van der Waals surface area contributed by atoms with Gasteiger partial charge in [0.15, 0.2) is 0 Å². The summed E-state index contributed by atoms with van der Waals surface area (Å²) in [6.07, 6.45) is 3.85. The zero-order valence-corrected chi connectivity index (χ0v) is 19.8. The third kappa shape index (κ3) is 5.78. The number of fused-ring (bicyclic) bond motifs is 1. The molecular weight excluding hydrogens is 485 g/mol. The van der Waals surface area contributed by atoms with Gasteiger partial charge in [0.2, 0.25) is 5.82 Å². The molecule has 1 aromatic carbocycles. The van der Waals surface area contributed by atoms with Crippen LogP contribution >= 0.6 is 0 Å². The first-order valence-electron chi connectivity index (χ1n) is 11.9. The number of benzene rings is 1. The molecule has 2 aromatic heterocycles. The predicted octanol–water partition coefficient (Wildman–Crippen LogP) is 3.96. The van der Waals surface area contributed by atoms with Gasteiger partial charge in [0.05, 0.1) is 24.2 Å². The maximum absolute atomic E-state index is 13.0. The SMILES string of the molecule is O=C(Nc1cnc(C(F)(F)F)nc1)C1=CCNc2ccc(-c3cncc(CN4CCC(O)CC4)c3)cc21. The average molecular weight is 511 g/mol. The molecule has 8 nitrogen and oxygen atoms in total. The molecule has 4 heterocycles. The number of aliphatic hydroxyl groups excluding tert-OH is 1. The minimum atomic E-state index is -4.65. The molecule has 1 fully saturated rings. The second-order valence-electron chi connectivity index (χ2n) is 9.10. The zero-order chi connectivity index (χ0) is 26.0. The summed E-state index contributed by atoms with van der Waals surface area (Å²) in [5, 5.41) is 15.6. The highest BCUT2D eigenvalue weighted by Crippen LogP contribution is 2.33. The molecule has 5 rings (SSSR count). The molecule has 1 saturated heterocycles. The van der Waals surface area contributed by atoms with E-state index in [0.717, 1.165) is 67.2 Å². The standard InChI is InChI=1S/C26H25F3N6O2/c27-26(28,29)25-32-13-19(14-33-25)34-24(37)21-3-6-31-23-2-1-17(10-22(21)23)18-9-16(11-30-12-18)15-35-7-4-20(36)5-8-35/h1-3,9-14,20,31,36H,4-8,15H2,(H,34,37). The summed E-state index contributed by atoms with van der Waals surface area (Å²) >= 11 is 0. The summed E-state index contributed by atoms with van der Waals surface area (Å²) < 4.78 is 38.2. The lowest BCUT2D eigenvalue weighted by atomic mass is 9.94. The Hall–Kier alpha value is -3.83. The van der Waals surface area contributed by atoms with Crippen LogP contribution in [0.3, 0.4) is 0 Å². The van der Waals surface area contributed by atoms with Gasteiger partial charge in [-0.3, -0.25) is 14.7 Å². The van der Waals surface area contributed by atoms with Crippen LogP contribution in [0.1, 0.15) is 29.8 Å². The normalized spacial score (nSPS) is 16.5. The first-order valence-corrected chi connectivity index (χ1v) is 11.9. The van der Waals surface area contributed by atoms with Crippen LogP contribution in [0.25, 0.3) is 16.7 Å². The van der Waals surface area contributed by atoms with Gasteiger partial charge in [-0.2, -0.15) is 13.2 Å². The van der Waals surface area contributed by atoms with Crippen molar-refractivity contribution in [1.82, 2.24) is 19.9 Å². The monoisotopic (exact) mass is 510 g/mol. The third-order valence-electron chi connectivity index (χ3n) is 6.41. The largest absolute Gasteiger partial charge is 0.451 e. The molecule has 0 spiro atoms. The fraction of sp³-hybridized carbons (Fsp3) is 0.308. The summed E-state index contributed by atoms with van der Waals surface area (Å²) in [6.45, 7) is 2.84. The number of likely N-dealkylation sites (tertiary alicyclic amines) is 1. The highest BCUT2D eigenvalue weighted by Gasteiger charge is 2.34. The van der Waals surface area contributed by atoms with Crippen LogP contribution in [0.4, 0.5) is 24.5 Å². The van der Waals surface area contributed by atoms with Crippen molar-refractivity contribution in [3.05, 3.63) is 72.1 Å². The van der Waals surface area contributed by atoms with Gasteiger partial charge in [-0.25, -0.2) is 9.97 Å². The van der Waals surface area contributed by atoms with Crippen molar-refractivity contribution < 1.29 is 23.1 Å². The Bertz CT molecular complexity index is 1320.